The number of hydrogen-bond donors (Lipinski definition) is 1. The Morgan fingerprint density at radius 1 is 1.29 bits per heavy atom. The molecule has 1 fully saturated rings. The minimum absolute atomic E-state index is 0.0306. The quantitative estimate of drug-likeness (QED) is 0.664. The zero-order valence-electron chi connectivity index (χ0n) is 15.6. The van der Waals surface area contributed by atoms with E-state index < -0.39 is 10.0 Å². The number of rotatable bonds is 7. The molecule has 0 radical (unpaired) electrons. The first-order valence-corrected chi connectivity index (χ1v) is 12.0. The van der Waals surface area contributed by atoms with Gasteiger partial charge in [-0.05, 0) is 38.0 Å². The van der Waals surface area contributed by atoms with Crippen LogP contribution in [0.1, 0.15) is 26.2 Å². The predicted molar refractivity (Wildman–Crippen MR) is 111 cm³/mol. The van der Waals surface area contributed by atoms with E-state index in [1.54, 1.807) is 12.3 Å². The SMILES string of the molecule is CCn1ccnc1SCC(=O)Nc1ccc(Cl)c(S(=O)(=O)N2CCCCC2)c1. The molecule has 1 aliphatic rings. The predicted octanol–water partition coefficient (Wildman–Crippen LogP) is 3.46. The highest BCUT2D eigenvalue weighted by Crippen LogP contribution is 2.29. The van der Waals surface area contributed by atoms with Crippen LogP contribution in [0.5, 0.6) is 0 Å². The summed E-state index contributed by atoms with van der Waals surface area (Å²) in [6, 6.07) is 4.54. The van der Waals surface area contributed by atoms with Crippen molar-refractivity contribution in [2.75, 3.05) is 24.2 Å². The van der Waals surface area contributed by atoms with Gasteiger partial charge in [-0.15, -0.1) is 0 Å². The van der Waals surface area contributed by atoms with Gasteiger partial charge in [-0.2, -0.15) is 4.31 Å². The van der Waals surface area contributed by atoms with E-state index >= 15 is 0 Å². The molecule has 7 nitrogen and oxygen atoms in total. The Morgan fingerprint density at radius 2 is 2.04 bits per heavy atom. The molecule has 1 N–H and O–H groups in total. The summed E-state index contributed by atoms with van der Waals surface area (Å²) in [5.41, 5.74) is 0.407. The summed E-state index contributed by atoms with van der Waals surface area (Å²) < 4.78 is 29.2. The van der Waals surface area contributed by atoms with Crippen LogP contribution in [0.15, 0.2) is 40.6 Å². The largest absolute Gasteiger partial charge is 0.326 e. The zero-order chi connectivity index (χ0) is 20.1. The van der Waals surface area contributed by atoms with Crippen LogP contribution in [0, 0.1) is 0 Å². The van der Waals surface area contributed by atoms with E-state index in [9.17, 15) is 13.2 Å². The number of sulfonamides is 1. The van der Waals surface area contributed by atoms with E-state index in [0.717, 1.165) is 31.0 Å². The Bertz CT molecular complexity index is 940. The second-order valence-corrected chi connectivity index (χ2v) is 9.70. The third-order valence-electron chi connectivity index (χ3n) is 4.50. The zero-order valence-corrected chi connectivity index (χ0v) is 18.0. The number of halogens is 1. The number of hydrogen-bond acceptors (Lipinski definition) is 5. The van der Waals surface area contributed by atoms with E-state index in [1.165, 1.54) is 28.2 Å². The number of nitrogens with one attached hydrogen (secondary N) is 1. The molecule has 1 amide bonds. The molecule has 0 bridgehead atoms. The van der Waals surface area contributed by atoms with Crippen LogP contribution in [0.3, 0.4) is 0 Å². The van der Waals surface area contributed by atoms with Gasteiger partial charge >= 0.3 is 0 Å². The lowest BCUT2D eigenvalue weighted by molar-refractivity contribution is -0.113. The summed E-state index contributed by atoms with van der Waals surface area (Å²) in [5, 5.41) is 3.67. The number of nitrogens with zero attached hydrogens (tertiary/aromatic N) is 3. The summed E-state index contributed by atoms with van der Waals surface area (Å²) in [6.45, 7) is 3.77. The van der Waals surface area contributed by atoms with Crippen molar-refractivity contribution >= 4 is 45.0 Å². The van der Waals surface area contributed by atoms with E-state index in [0.29, 0.717) is 18.8 Å². The van der Waals surface area contributed by atoms with E-state index in [-0.39, 0.29) is 21.6 Å². The molecule has 0 unspecified atom stereocenters. The average Bonchev–Trinajstić information content (AvgIpc) is 3.16. The van der Waals surface area contributed by atoms with Crippen molar-refractivity contribution in [2.45, 2.75) is 42.8 Å². The summed E-state index contributed by atoms with van der Waals surface area (Å²) in [6.07, 6.45) is 6.28. The Labute approximate surface area is 174 Å². The molecule has 0 atom stereocenters. The molecule has 0 aliphatic carbocycles. The molecule has 10 heteroatoms. The molecule has 2 heterocycles. The van der Waals surface area contributed by atoms with Crippen LogP contribution in [0.2, 0.25) is 5.02 Å². The highest BCUT2D eigenvalue weighted by atomic mass is 35.5. The topological polar surface area (TPSA) is 84.3 Å². The number of amides is 1. The molecule has 152 valence electrons. The van der Waals surface area contributed by atoms with Gasteiger partial charge in [-0.1, -0.05) is 29.8 Å². The Kier molecular flexibility index (Phi) is 7.03. The fraction of sp³-hybridized carbons (Fsp3) is 0.444. The van der Waals surface area contributed by atoms with Crippen molar-refractivity contribution in [3.05, 3.63) is 35.6 Å². The van der Waals surface area contributed by atoms with Gasteiger partial charge in [0.05, 0.1) is 10.8 Å². The lowest BCUT2D eigenvalue weighted by atomic mass is 10.2. The van der Waals surface area contributed by atoms with Gasteiger partial charge in [0.25, 0.3) is 0 Å². The van der Waals surface area contributed by atoms with Crippen molar-refractivity contribution in [1.82, 2.24) is 13.9 Å². The lowest BCUT2D eigenvalue weighted by Gasteiger charge is -2.26. The maximum atomic E-state index is 12.9. The summed E-state index contributed by atoms with van der Waals surface area (Å²) in [7, 11) is -3.68. The maximum absolute atomic E-state index is 12.9. The molecule has 1 aromatic carbocycles. The van der Waals surface area contributed by atoms with E-state index in [1.807, 2.05) is 17.7 Å². The molecular formula is C18H23ClN4O3S2. The van der Waals surface area contributed by atoms with Crippen LogP contribution >= 0.6 is 23.4 Å². The number of benzene rings is 1. The van der Waals surface area contributed by atoms with Crippen molar-refractivity contribution in [1.29, 1.82) is 0 Å². The molecule has 1 saturated heterocycles. The summed E-state index contributed by atoms with van der Waals surface area (Å²) in [4.78, 5) is 16.5. The molecule has 28 heavy (non-hydrogen) atoms. The van der Waals surface area contributed by atoms with Gasteiger partial charge in [0.15, 0.2) is 5.16 Å². The van der Waals surface area contributed by atoms with Gasteiger partial charge in [0.2, 0.25) is 15.9 Å². The standard InChI is InChI=1S/C18H23ClN4O3S2/c1-2-22-11-8-20-18(22)27-13-17(24)21-14-6-7-15(19)16(12-14)28(25,26)23-9-4-3-5-10-23/h6-8,11-12H,2-5,9-10,13H2,1H3,(H,21,24). The van der Waals surface area contributed by atoms with Gasteiger partial charge in [0, 0.05) is 37.7 Å². The van der Waals surface area contributed by atoms with Crippen molar-refractivity contribution in [3.63, 3.8) is 0 Å². The minimum Gasteiger partial charge on any atom is -0.326 e. The van der Waals surface area contributed by atoms with Crippen LogP contribution in [-0.4, -0.2) is 47.0 Å². The highest BCUT2D eigenvalue weighted by Gasteiger charge is 2.28. The fourth-order valence-electron chi connectivity index (χ4n) is 3.03. The van der Waals surface area contributed by atoms with Crippen LogP contribution in [0.4, 0.5) is 5.69 Å². The first kappa shape index (κ1) is 21.2. The number of piperidine rings is 1. The van der Waals surface area contributed by atoms with Gasteiger partial charge < -0.3 is 9.88 Å². The summed E-state index contributed by atoms with van der Waals surface area (Å²) >= 11 is 7.49. The van der Waals surface area contributed by atoms with Crippen molar-refractivity contribution in [3.8, 4) is 0 Å². The third kappa shape index (κ3) is 4.89. The monoisotopic (exact) mass is 442 g/mol. The fourth-order valence-corrected chi connectivity index (χ4v) is 5.87. The maximum Gasteiger partial charge on any atom is 0.244 e. The normalized spacial score (nSPS) is 15.5. The van der Waals surface area contributed by atoms with Crippen molar-refractivity contribution in [2.24, 2.45) is 0 Å². The Hall–Kier alpha value is -1.55. The smallest absolute Gasteiger partial charge is 0.244 e. The summed E-state index contributed by atoms with van der Waals surface area (Å²) in [5.74, 6) is -0.0623. The van der Waals surface area contributed by atoms with E-state index in [2.05, 4.69) is 10.3 Å². The second kappa shape index (κ2) is 9.30. The number of anilines is 1. The van der Waals surface area contributed by atoms with Gasteiger partial charge in [-0.25, -0.2) is 13.4 Å². The Balaban J connectivity index is 1.69. The van der Waals surface area contributed by atoms with Crippen LogP contribution < -0.4 is 5.32 Å². The molecular weight excluding hydrogens is 420 g/mol. The number of carbonyl (C=O) groups is 1. The number of imidazole rings is 1. The first-order valence-electron chi connectivity index (χ1n) is 9.15. The average molecular weight is 443 g/mol. The third-order valence-corrected chi connectivity index (χ3v) is 7.88. The molecule has 0 saturated carbocycles. The molecule has 2 aromatic rings. The van der Waals surface area contributed by atoms with Gasteiger partial charge in [-0.3, -0.25) is 4.79 Å². The van der Waals surface area contributed by atoms with Gasteiger partial charge in [0.1, 0.15) is 4.90 Å². The number of aryl methyl sites for hydroxylation is 1. The molecule has 1 aliphatic heterocycles. The first-order chi connectivity index (χ1) is 13.4. The molecule has 3 rings (SSSR count). The molecule has 1 aromatic heterocycles. The number of thioether (sulfide) groups is 1. The highest BCUT2D eigenvalue weighted by molar-refractivity contribution is 7.99. The van der Waals surface area contributed by atoms with E-state index in [4.69, 9.17) is 11.6 Å². The second-order valence-electron chi connectivity index (χ2n) is 6.44. The molecule has 0 spiro atoms. The number of aromatic nitrogens is 2. The van der Waals surface area contributed by atoms with Crippen molar-refractivity contribution < 1.29 is 13.2 Å². The number of carbonyl (C=O) groups excluding carboxylic acids is 1. The van der Waals surface area contributed by atoms with Crippen LogP contribution in [-0.2, 0) is 21.4 Å². The lowest BCUT2D eigenvalue weighted by Crippen LogP contribution is -2.35. The minimum atomic E-state index is -3.68. The van der Waals surface area contributed by atoms with Crippen LogP contribution in [0.25, 0.3) is 0 Å². The Morgan fingerprint density at radius 3 is 2.75 bits per heavy atom.